The highest BCUT2D eigenvalue weighted by molar-refractivity contribution is 6.35. The third-order valence-corrected chi connectivity index (χ3v) is 3.32. The molecule has 8 heteroatoms. The number of hydrogen-bond acceptors (Lipinski definition) is 5. The number of amides is 1. The Bertz CT molecular complexity index is 757. The van der Waals surface area contributed by atoms with Crippen LogP contribution in [0.2, 0.25) is 10.0 Å². The molecule has 2 rings (SSSR count). The van der Waals surface area contributed by atoms with E-state index in [1.807, 2.05) is 0 Å². The molecule has 0 aliphatic rings. The zero-order valence-corrected chi connectivity index (χ0v) is 14.3. The lowest BCUT2D eigenvalue weighted by Gasteiger charge is -2.08. The summed E-state index contributed by atoms with van der Waals surface area (Å²) in [5.74, 6) is -0.846. The van der Waals surface area contributed by atoms with Gasteiger partial charge in [0.2, 0.25) is 0 Å². The van der Waals surface area contributed by atoms with Gasteiger partial charge in [0.05, 0.1) is 0 Å². The van der Waals surface area contributed by atoms with Gasteiger partial charge >= 0.3 is 5.97 Å². The van der Waals surface area contributed by atoms with Crippen molar-refractivity contribution in [2.75, 3.05) is 18.5 Å². The Morgan fingerprint density at radius 3 is 2.24 bits per heavy atom. The number of nitrogens with one attached hydrogen (secondary N) is 1. The second-order valence-electron chi connectivity index (χ2n) is 4.84. The first kappa shape index (κ1) is 18.8. The monoisotopic (exact) mass is 381 g/mol. The molecule has 6 nitrogen and oxygen atoms in total. The van der Waals surface area contributed by atoms with Crippen LogP contribution in [0.15, 0.2) is 42.5 Å². The number of aldehydes is 1. The summed E-state index contributed by atoms with van der Waals surface area (Å²) in [5.41, 5.74) is 0.887. The van der Waals surface area contributed by atoms with E-state index in [0.717, 1.165) is 0 Å². The lowest BCUT2D eigenvalue weighted by molar-refractivity contribution is -0.149. The molecule has 0 spiro atoms. The van der Waals surface area contributed by atoms with Crippen LogP contribution in [0.3, 0.4) is 0 Å². The number of rotatable bonds is 7. The summed E-state index contributed by atoms with van der Waals surface area (Å²) in [6.45, 7) is -0.840. The van der Waals surface area contributed by atoms with Gasteiger partial charge in [0.25, 0.3) is 5.91 Å². The average molecular weight is 382 g/mol. The molecule has 1 amide bonds. The summed E-state index contributed by atoms with van der Waals surface area (Å²) >= 11 is 11.6. The van der Waals surface area contributed by atoms with Gasteiger partial charge in [-0.15, -0.1) is 0 Å². The molecule has 0 heterocycles. The van der Waals surface area contributed by atoms with Crippen LogP contribution >= 0.6 is 23.2 Å². The first-order valence-corrected chi connectivity index (χ1v) is 7.81. The predicted molar refractivity (Wildman–Crippen MR) is 93.4 cm³/mol. The van der Waals surface area contributed by atoms with E-state index in [1.54, 1.807) is 24.3 Å². The number of hydrogen-bond donors (Lipinski definition) is 1. The number of carbonyl (C=O) groups excluding carboxylic acids is 3. The van der Waals surface area contributed by atoms with Crippen LogP contribution in [0, 0.1) is 0 Å². The Labute approximate surface area is 153 Å². The van der Waals surface area contributed by atoms with Crippen molar-refractivity contribution in [1.29, 1.82) is 0 Å². The molecule has 0 bridgehead atoms. The van der Waals surface area contributed by atoms with Gasteiger partial charge in [-0.3, -0.25) is 9.59 Å². The molecular formula is C17H13Cl2NO5. The Balaban J connectivity index is 1.75. The second-order valence-corrected chi connectivity index (χ2v) is 5.72. The van der Waals surface area contributed by atoms with Crippen LogP contribution in [0.1, 0.15) is 10.4 Å². The van der Waals surface area contributed by atoms with Crippen LogP contribution in [-0.4, -0.2) is 31.4 Å². The van der Waals surface area contributed by atoms with E-state index in [0.29, 0.717) is 33.3 Å². The molecule has 0 aliphatic heterocycles. The minimum Gasteiger partial charge on any atom is -0.482 e. The molecule has 0 saturated carbocycles. The summed E-state index contributed by atoms with van der Waals surface area (Å²) in [5, 5.41) is 3.24. The molecule has 2 aromatic rings. The summed E-state index contributed by atoms with van der Waals surface area (Å²) < 4.78 is 10.00. The molecule has 0 atom stereocenters. The van der Waals surface area contributed by atoms with Crippen molar-refractivity contribution in [3.8, 4) is 5.75 Å². The van der Waals surface area contributed by atoms with Crippen molar-refractivity contribution >= 4 is 47.1 Å². The van der Waals surface area contributed by atoms with E-state index in [9.17, 15) is 14.4 Å². The number of esters is 1. The van der Waals surface area contributed by atoms with Crippen molar-refractivity contribution in [3.05, 3.63) is 58.1 Å². The van der Waals surface area contributed by atoms with Crippen molar-refractivity contribution in [2.45, 2.75) is 0 Å². The van der Waals surface area contributed by atoms with E-state index in [4.69, 9.17) is 32.7 Å². The van der Waals surface area contributed by atoms with Gasteiger partial charge in [-0.2, -0.15) is 0 Å². The maximum absolute atomic E-state index is 11.7. The van der Waals surface area contributed by atoms with Gasteiger partial charge in [0.1, 0.15) is 12.0 Å². The van der Waals surface area contributed by atoms with Crippen LogP contribution in [-0.2, 0) is 14.3 Å². The Morgan fingerprint density at radius 2 is 1.64 bits per heavy atom. The highest BCUT2D eigenvalue weighted by Gasteiger charge is 2.09. The van der Waals surface area contributed by atoms with Crippen LogP contribution in [0.4, 0.5) is 5.69 Å². The van der Waals surface area contributed by atoms with Gasteiger partial charge in [-0.05, 0) is 42.5 Å². The lowest BCUT2D eigenvalue weighted by Crippen LogP contribution is -2.23. The van der Waals surface area contributed by atoms with E-state index in [2.05, 4.69) is 5.32 Å². The maximum atomic E-state index is 11.7. The van der Waals surface area contributed by atoms with E-state index < -0.39 is 18.5 Å². The fourth-order valence-electron chi connectivity index (χ4n) is 1.80. The molecule has 0 aliphatic carbocycles. The quantitative estimate of drug-likeness (QED) is 0.587. The van der Waals surface area contributed by atoms with Crippen molar-refractivity contribution in [2.24, 2.45) is 0 Å². The summed E-state index contributed by atoms with van der Waals surface area (Å²) in [4.78, 5) is 33.8. The number of ether oxygens (including phenoxy) is 2. The minimum atomic E-state index is -0.709. The number of halogens is 2. The average Bonchev–Trinajstić information content (AvgIpc) is 2.57. The Hall–Kier alpha value is -2.57. The van der Waals surface area contributed by atoms with E-state index in [-0.39, 0.29) is 6.61 Å². The van der Waals surface area contributed by atoms with Crippen molar-refractivity contribution in [3.63, 3.8) is 0 Å². The van der Waals surface area contributed by atoms with Gasteiger partial charge in [0, 0.05) is 21.3 Å². The molecule has 0 saturated heterocycles. The van der Waals surface area contributed by atoms with Crippen LogP contribution in [0.25, 0.3) is 0 Å². The summed E-state index contributed by atoms with van der Waals surface area (Å²) in [6, 6.07) is 10.8. The third-order valence-electron chi connectivity index (χ3n) is 2.88. The molecule has 0 aromatic heterocycles. The maximum Gasteiger partial charge on any atom is 0.344 e. The van der Waals surface area contributed by atoms with Gasteiger partial charge in [0.15, 0.2) is 13.2 Å². The van der Waals surface area contributed by atoms with Gasteiger partial charge in [-0.25, -0.2) is 4.79 Å². The van der Waals surface area contributed by atoms with Crippen molar-refractivity contribution in [1.82, 2.24) is 0 Å². The van der Waals surface area contributed by atoms with Gasteiger partial charge in [-0.1, -0.05) is 23.2 Å². The van der Waals surface area contributed by atoms with E-state index >= 15 is 0 Å². The molecule has 2 aromatic carbocycles. The molecule has 0 unspecified atom stereocenters. The summed E-state index contributed by atoms with van der Waals surface area (Å²) in [6.07, 6.45) is 0.698. The standard InChI is InChI=1S/C17H13Cl2NO5/c18-12-5-13(19)7-14(6-12)20-16(22)9-25-17(23)10-24-15-3-1-11(8-21)2-4-15/h1-8H,9-10H2,(H,20,22). The lowest BCUT2D eigenvalue weighted by atomic mass is 10.2. The third kappa shape index (κ3) is 6.45. The smallest absolute Gasteiger partial charge is 0.344 e. The number of benzene rings is 2. The molecule has 0 fully saturated rings. The zero-order chi connectivity index (χ0) is 18.2. The SMILES string of the molecule is O=Cc1ccc(OCC(=O)OCC(=O)Nc2cc(Cl)cc(Cl)c2)cc1. The topological polar surface area (TPSA) is 81.7 Å². The fraction of sp³-hybridized carbons (Fsp3) is 0.118. The van der Waals surface area contributed by atoms with Gasteiger partial charge < -0.3 is 14.8 Å². The Kier molecular flexibility index (Phi) is 6.80. The molecule has 0 radical (unpaired) electrons. The predicted octanol–water partition coefficient (Wildman–Crippen LogP) is 3.37. The number of anilines is 1. The van der Waals surface area contributed by atoms with E-state index in [1.165, 1.54) is 18.2 Å². The molecule has 1 N–H and O–H groups in total. The fourth-order valence-corrected chi connectivity index (χ4v) is 2.32. The second kappa shape index (κ2) is 9.05. The largest absolute Gasteiger partial charge is 0.482 e. The summed E-state index contributed by atoms with van der Waals surface area (Å²) in [7, 11) is 0. The molecule has 130 valence electrons. The Morgan fingerprint density at radius 1 is 1.00 bits per heavy atom. The van der Waals surface area contributed by atoms with Crippen LogP contribution < -0.4 is 10.1 Å². The van der Waals surface area contributed by atoms with Crippen LogP contribution in [0.5, 0.6) is 5.75 Å². The van der Waals surface area contributed by atoms with Crippen molar-refractivity contribution < 1.29 is 23.9 Å². The zero-order valence-electron chi connectivity index (χ0n) is 12.8. The minimum absolute atomic E-state index is 0.364. The first-order chi connectivity index (χ1) is 12.0. The highest BCUT2D eigenvalue weighted by atomic mass is 35.5. The number of carbonyl (C=O) groups is 3. The molecular weight excluding hydrogens is 369 g/mol. The normalized spacial score (nSPS) is 10.0. The highest BCUT2D eigenvalue weighted by Crippen LogP contribution is 2.22. The first-order valence-electron chi connectivity index (χ1n) is 7.06. The molecule has 25 heavy (non-hydrogen) atoms.